The number of amides is 2. The van der Waals surface area contributed by atoms with Crippen molar-refractivity contribution in [2.45, 2.75) is 13.0 Å². The van der Waals surface area contributed by atoms with Gasteiger partial charge in [0.15, 0.2) is 5.75 Å². The Bertz CT molecular complexity index is 790. The molecule has 0 bridgehead atoms. The van der Waals surface area contributed by atoms with Gasteiger partial charge in [-0.05, 0) is 31.2 Å². The second-order valence-corrected chi connectivity index (χ2v) is 5.10. The van der Waals surface area contributed by atoms with Gasteiger partial charge in [-0.3, -0.25) is 5.10 Å². The number of ether oxygens (including phenoxy) is 1. The van der Waals surface area contributed by atoms with Crippen LogP contribution in [0.3, 0.4) is 0 Å². The molecule has 7 nitrogen and oxygen atoms in total. The van der Waals surface area contributed by atoms with Crippen LogP contribution >= 0.6 is 0 Å². The molecule has 0 spiro atoms. The Labute approximate surface area is 139 Å². The maximum atomic E-state index is 12.2. The van der Waals surface area contributed by atoms with Crippen molar-refractivity contribution in [3.05, 3.63) is 66.7 Å². The first-order valence-electron chi connectivity index (χ1n) is 7.47. The van der Waals surface area contributed by atoms with E-state index in [0.29, 0.717) is 23.0 Å². The van der Waals surface area contributed by atoms with E-state index in [1.807, 2.05) is 49.4 Å². The van der Waals surface area contributed by atoms with Gasteiger partial charge in [0, 0.05) is 0 Å². The van der Waals surface area contributed by atoms with Crippen molar-refractivity contribution in [1.82, 2.24) is 20.5 Å². The normalized spacial score (nSPS) is 11.5. The minimum atomic E-state index is -0.358. The van der Waals surface area contributed by atoms with Crippen molar-refractivity contribution in [1.29, 1.82) is 0 Å². The molecule has 1 unspecified atom stereocenters. The number of hydrogen-bond donors (Lipinski definition) is 3. The number of hydrogen-bond acceptors (Lipinski definition) is 4. The third-order valence-corrected chi connectivity index (χ3v) is 3.30. The molecule has 0 saturated carbocycles. The molecule has 0 aliphatic heterocycles. The van der Waals surface area contributed by atoms with Crippen molar-refractivity contribution < 1.29 is 9.53 Å². The third-order valence-electron chi connectivity index (χ3n) is 3.30. The van der Waals surface area contributed by atoms with E-state index < -0.39 is 0 Å². The zero-order valence-electron chi connectivity index (χ0n) is 13.1. The zero-order valence-corrected chi connectivity index (χ0v) is 13.1. The number of carbonyl (C=O) groups excluding carboxylic acids is 1. The molecule has 3 aromatic rings. The molecule has 1 aromatic heterocycles. The Hall–Kier alpha value is -3.35. The van der Waals surface area contributed by atoms with Crippen LogP contribution in [-0.2, 0) is 0 Å². The van der Waals surface area contributed by atoms with Gasteiger partial charge in [0.1, 0.15) is 17.9 Å². The Kier molecular flexibility index (Phi) is 4.71. The molecule has 0 saturated heterocycles. The number of benzene rings is 2. The summed E-state index contributed by atoms with van der Waals surface area (Å²) in [6.45, 7) is 1.81. The summed E-state index contributed by atoms with van der Waals surface area (Å²) in [6.07, 6.45) is 1.40. The van der Waals surface area contributed by atoms with E-state index in [0.717, 1.165) is 0 Å². The lowest BCUT2D eigenvalue weighted by atomic mass is 10.3. The van der Waals surface area contributed by atoms with Crippen LogP contribution in [0.2, 0.25) is 0 Å². The van der Waals surface area contributed by atoms with Gasteiger partial charge in [-0.15, -0.1) is 0 Å². The lowest BCUT2D eigenvalue weighted by molar-refractivity contribution is 0.249. The van der Waals surface area contributed by atoms with Crippen LogP contribution in [0.1, 0.15) is 18.8 Å². The van der Waals surface area contributed by atoms with Crippen molar-refractivity contribution in [2.24, 2.45) is 0 Å². The SMILES string of the molecule is CC(NC(=O)Nc1ccccc1Oc1ccccc1)c1ncn[nH]1. The summed E-state index contributed by atoms with van der Waals surface area (Å²) in [7, 11) is 0. The highest BCUT2D eigenvalue weighted by molar-refractivity contribution is 5.91. The molecule has 0 aliphatic rings. The van der Waals surface area contributed by atoms with Crippen molar-refractivity contribution in [3.63, 3.8) is 0 Å². The highest BCUT2D eigenvalue weighted by atomic mass is 16.5. The van der Waals surface area contributed by atoms with Gasteiger partial charge in [0.2, 0.25) is 0 Å². The third kappa shape index (κ3) is 3.89. The number of carbonyl (C=O) groups is 1. The topological polar surface area (TPSA) is 91.9 Å². The van der Waals surface area contributed by atoms with Gasteiger partial charge in [-0.2, -0.15) is 5.10 Å². The van der Waals surface area contributed by atoms with Crippen LogP contribution in [0.25, 0.3) is 0 Å². The predicted molar refractivity (Wildman–Crippen MR) is 89.9 cm³/mol. The van der Waals surface area contributed by atoms with Crippen molar-refractivity contribution in [2.75, 3.05) is 5.32 Å². The first-order valence-corrected chi connectivity index (χ1v) is 7.47. The average Bonchev–Trinajstić information content (AvgIpc) is 3.12. The fourth-order valence-corrected chi connectivity index (χ4v) is 2.12. The Morgan fingerprint density at radius 2 is 1.88 bits per heavy atom. The molecule has 2 amide bonds. The molecule has 3 N–H and O–H groups in total. The van der Waals surface area contributed by atoms with Gasteiger partial charge in [0.25, 0.3) is 0 Å². The maximum Gasteiger partial charge on any atom is 0.319 e. The maximum absolute atomic E-state index is 12.2. The van der Waals surface area contributed by atoms with Crippen LogP contribution in [0.5, 0.6) is 11.5 Å². The van der Waals surface area contributed by atoms with E-state index in [9.17, 15) is 4.79 Å². The molecule has 0 radical (unpaired) electrons. The second-order valence-electron chi connectivity index (χ2n) is 5.10. The fraction of sp³-hybridized carbons (Fsp3) is 0.118. The molecule has 122 valence electrons. The summed E-state index contributed by atoms with van der Waals surface area (Å²) in [4.78, 5) is 16.2. The number of nitrogens with zero attached hydrogens (tertiary/aromatic N) is 2. The van der Waals surface area contributed by atoms with Crippen LogP contribution in [-0.4, -0.2) is 21.2 Å². The molecule has 1 atom stereocenters. The van der Waals surface area contributed by atoms with Gasteiger partial charge in [-0.1, -0.05) is 30.3 Å². The van der Waals surface area contributed by atoms with Gasteiger partial charge < -0.3 is 15.4 Å². The molecule has 24 heavy (non-hydrogen) atoms. The van der Waals surface area contributed by atoms with Crippen LogP contribution in [0.4, 0.5) is 10.5 Å². The molecular weight excluding hydrogens is 306 g/mol. The number of aromatic nitrogens is 3. The number of anilines is 1. The number of rotatable bonds is 5. The summed E-state index contributed by atoms with van der Waals surface area (Å²) < 4.78 is 5.82. The van der Waals surface area contributed by atoms with Crippen molar-refractivity contribution >= 4 is 11.7 Å². The molecule has 2 aromatic carbocycles. The van der Waals surface area contributed by atoms with E-state index in [1.165, 1.54) is 6.33 Å². The number of H-pyrrole nitrogens is 1. The van der Waals surface area contributed by atoms with E-state index in [1.54, 1.807) is 12.1 Å². The quantitative estimate of drug-likeness (QED) is 0.670. The monoisotopic (exact) mass is 323 g/mol. The van der Waals surface area contributed by atoms with Gasteiger partial charge in [0.05, 0.1) is 11.7 Å². The fourth-order valence-electron chi connectivity index (χ4n) is 2.12. The average molecular weight is 323 g/mol. The molecule has 3 rings (SSSR count). The number of aromatic amines is 1. The Morgan fingerprint density at radius 1 is 1.12 bits per heavy atom. The number of nitrogens with one attached hydrogen (secondary N) is 3. The summed E-state index contributed by atoms with van der Waals surface area (Å²) in [5.74, 6) is 1.84. The molecule has 1 heterocycles. The Balaban J connectivity index is 1.67. The summed E-state index contributed by atoms with van der Waals surface area (Å²) in [5.41, 5.74) is 0.573. The minimum absolute atomic E-state index is 0.297. The van der Waals surface area contributed by atoms with E-state index in [2.05, 4.69) is 25.8 Å². The van der Waals surface area contributed by atoms with E-state index in [-0.39, 0.29) is 12.1 Å². The van der Waals surface area contributed by atoms with Crippen molar-refractivity contribution in [3.8, 4) is 11.5 Å². The summed E-state index contributed by atoms with van der Waals surface area (Å²) in [5, 5.41) is 12.1. The zero-order chi connectivity index (χ0) is 16.8. The highest BCUT2D eigenvalue weighted by Gasteiger charge is 2.13. The summed E-state index contributed by atoms with van der Waals surface area (Å²) in [6, 6.07) is 16.0. The largest absolute Gasteiger partial charge is 0.455 e. The second kappa shape index (κ2) is 7.28. The van der Waals surface area contributed by atoms with Gasteiger partial charge in [-0.25, -0.2) is 9.78 Å². The van der Waals surface area contributed by atoms with Gasteiger partial charge >= 0.3 is 6.03 Å². The van der Waals surface area contributed by atoms with Crippen LogP contribution in [0, 0.1) is 0 Å². The molecule has 0 aliphatic carbocycles. The standard InChI is InChI=1S/C17H17N5O2/c1-12(16-18-11-19-22-16)20-17(23)21-14-9-5-6-10-15(14)24-13-7-3-2-4-8-13/h2-12H,1H3,(H,18,19,22)(H2,20,21,23). The van der Waals surface area contributed by atoms with Crippen LogP contribution in [0.15, 0.2) is 60.9 Å². The predicted octanol–water partition coefficient (Wildman–Crippen LogP) is 3.48. The number of para-hydroxylation sites is 3. The van der Waals surface area contributed by atoms with E-state index in [4.69, 9.17) is 4.74 Å². The minimum Gasteiger partial charge on any atom is -0.455 e. The lowest BCUT2D eigenvalue weighted by Crippen LogP contribution is -2.31. The first kappa shape index (κ1) is 15.5. The highest BCUT2D eigenvalue weighted by Crippen LogP contribution is 2.29. The van der Waals surface area contributed by atoms with Crippen LogP contribution < -0.4 is 15.4 Å². The molecular formula is C17H17N5O2. The lowest BCUT2D eigenvalue weighted by Gasteiger charge is -2.15. The molecule has 7 heteroatoms. The Morgan fingerprint density at radius 3 is 2.62 bits per heavy atom. The summed E-state index contributed by atoms with van der Waals surface area (Å²) >= 11 is 0. The smallest absolute Gasteiger partial charge is 0.319 e. The van der Waals surface area contributed by atoms with E-state index >= 15 is 0 Å². The number of urea groups is 1. The first-order chi connectivity index (χ1) is 11.7. The molecule has 0 fully saturated rings.